The van der Waals surface area contributed by atoms with Crippen LogP contribution in [0.3, 0.4) is 0 Å². The number of halogens is 2. The number of hydrogen-bond acceptors (Lipinski definition) is 8. The second-order valence-corrected chi connectivity index (χ2v) is 6.98. The highest BCUT2D eigenvalue weighted by Gasteiger charge is 2.14. The van der Waals surface area contributed by atoms with E-state index in [2.05, 4.69) is 30.7 Å². The van der Waals surface area contributed by atoms with Crippen LogP contribution in [0.15, 0.2) is 59.9 Å². The Balaban J connectivity index is 1.41. The number of nitrogens with one attached hydrogen (secondary N) is 2. The third-order valence-electron chi connectivity index (χ3n) is 4.66. The fourth-order valence-electron chi connectivity index (χ4n) is 2.81. The third kappa shape index (κ3) is 5.03. The molecule has 1 amide bonds. The summed E-state index contributed by atoms with van der Waals surface area (Å²) >= 11 is 0. The number of aromatic nitrogens is 6. The summed E-state index contributed by atoms with van der Waals surface area (Å²) in [4.78, 5) is 36.9. The van der Waals surface area contributed by atoms with E-state index in [4.69, 9.17) is 4.74 Å². The van der Waals surface area contributed by atoms with Gasteiger partial charge in [0.25, 0.3) is 11.5 Å². The Morgan fingerprint density at radius 2 is 1.85 bits per heavy atom. The lowest BCUT2D eigenvalue weighted by Crippen LogP contribution is -2.29. The lowest BCUT2D eigenvalue weighted by Gasteiger charge is -2.09. The van der Waals surface area contributed by atoms with Crippen LogP contribution < -0.4 is 20.9 Å². The molecule has 4 aromatic rings. The minimum Gasteiger partial charge on any atom is -0.456 e. The number of nitrogens with zero attached hydrogens (tertiary/aromatic N) is 6. The van der Waals surface area contributed by atoms with E-state index in [-0.39, 0.29) is 17.2 Å². The number of hydrogen-bond donors (Lipinski definition) is 2. The third-order valence-corrected chi connectivity index (χ3v) is 4.66. The minimum atomic E-state index is -2.74. The van der Waals surface area contributed by atoms with Gasteiger partial charge in [-0.05, 0) is 25.1 Å². The molecule has 0 saturated heterocycles. The highest BCUT2D eigenvalue weighted by atomic mass is 19.3. The molecule has 4 rings (SSSR count). The Kier molecular flexibility index (Phi) is 6.25. The van der Waals surface area contributed by atoms with Gasteiger partial charge >= 0.3 is 6.55 Å². The van der Waals surface area contributed by atoms with Crippen molar-refractivity contribution in [2.75, 3.05) is 10.6 Å². The second kappa shape index (κ2) is 9.44. The smallest absolute Gasteiger partial charge is 0.333 e. The normalized spacial score (nSPS) is 10.9. The van der Waals surface area contributed by atoms with E-state index in [1.54, 1.807) is 25.1 Å². The molecule has 0 fully saturated rings. The van der Waals surface area contributed by atoms with Crippen LogP contribution in [0.4, 0.5) is 26.2 Å². The van der Waals surface area contributed by atoms with Crippen molar-refractivity contribution in [3.63, 3.8) is 0 Å². The summed E-state index contributed by atoms with van der Waals surface area (Å²) in [5, 5.41) is 9.05. The first-order chi connectivity index (χ1) is 16.3. The van der Waals surface area contributed by atoms with Gasteiger partial charge in [-0.25, -0.2) is 19.6 Å². The molecule has 174 valence electrons. The first-order valence-electron chi connectivity index (χ1n) is 9.84. The highest BCUT2D eigenvalue weighted by Crippen LogP contribution is 2.24. The summed E-state index contributed by atoms with van der Waals surface area (Å²) in [5.41, 5.74) is -0.571. The molecule has 13 heteroatoms. The maximum absolute atomic E-state index is 12.6. The van der Waals surface area contributed by atoms with Gasteiger partial charge in [0.15, 0.2) is 5.82 Å². The SMILES string of the molecule is Cc1ncc(C(=O)Nc2ccc(Oc3ccnc(Nc4ccn(C(F)F)n4)c3)cn2)c(=O)n1C. The molecule has 34 heavy (non-hydrogen) atoms. The van der Waals surface area contributed by atoms with Crippen LogP contribution in [0.25, 0.3) is 0 Å². The molecule has 11 nitrogen and oxygen atoms in total. The average Bonchev–Trinajstić information content (AvgIpc) is 3.28. The minimum absolute atomic E-state index is 0.106. The zero-order chi connectivity index (χ0) is 24.2. The molecule has 0 aliphatic heterocycles. The van der Waals surface area contributed by atoms with E-state index in [0.29, 0.717) is 27.8 Å². The van der Waals surface area contributed by atoms with E-state index >= 15 is 0 Å². The van der Waals surface area contributed by atoms with Crippen LogP contribution in [-0.4, -0.2) is 35.2 Å². The summed E-state index contributed by atoms with van der Waals surface area (Å²) in [6.07, 6.45) is 5.23. The molecule has 0 aliphatic rings. The number of pyridine rings is 2. The monoisotopic (exact) mass is 468 g/mol. The number of anilines is 3. The molecule has 0 bridgehead atoms. The van der Waals surface area contributed by atoms with Gasteiger partial charge in [0.1, 0.15) is 34.5 Å². The van der Waals surface area contributed by atoms with Crippen LogP contribution in [-0.2, 0) is 7.05 Å². The molecule has 0 saturated carbocycles. The van der Waals surface area contributed by atoms with Gasteiger partial charge in [-0.2, -0.15) is 13.9 Å². The van der Waals surface area contributed by atoms with Crippen molar-refractivity contribution in [1.82, 2.24) is 29.3 Å². The Bertz CT molecular complexity index is 1390. The Hall–Kier alpha value is -4.68. The van der Waals surface area contributed by atoms with Gasteiger partial charge in [-0.1, -0.05) is 0 Å². The lowest BCUT2D eigenvalue weighted by molar-refractivity contribution is 0.0569. The van der Waals surface area contributed by atoms with Crippen molar-refractivity contribution < 1.29 is 18.3 Å². The molecule has 2 N–H and O–H groups in total. The zero-order valence-electron chi connectivity index (χ0n) is 17.9. The van der Waals surface area contributed by atoms with Crippen LogP contribution in [0.2, 0.25) is 0 Å². The average molecular weight is 468 g/mol. The van der Waals surface area contributed by atoms with E-state index in [1.807, 2.05) is 0 Å². The largest absolute Gasteiger partial charge is 0.456 e. The second-order valence-electron chi connectivity index (χ2n) is 6.98. The number of aryl methyl sites for hydroxylation is 1. The molecule has 0 spiro atoms. The number of amides is 1. The van der Waals surface area contributed by atoms with Gasteiger partial charge in [0.05, 0.1) is 6.20 Å². The standard InChI is InChI=1S/C21H18F2N8O3/c1-12-25-11-15(20(33)30(12)2)19(32)28-16-4-3-14(10-26-16)34-13-5-7-24-18(9-13)27-17-6-8-31(29-17)21(22)23/h3-11,21H,1-2H3,(H,24,27,29)(H,26,28,32). The maximum atomic E-state index is 12.6. The molecular weight excluding hydrogens is 450 g/mol. The summed E-state index contributed by atoms with van der Waals surface area (Å²) in [6, 6.07) is 7.62. The van der Waals surface area contributed by atoms with Crippen LogP contribution in [0.1, 0.15) is 22.7 Å². The number of carbonyl (C=O) groups excluding carboxylic acids is 1. The summed E-state index contributed by atoms with van der Waals surface area (Å²) in [7, 11) is 1.53. The fourth-order valence-corrected chi connectivity index (χ4v) is 2.81. The predicted molar refractivity (Wildman–Crippen MR) is 117 cm³/mol. The van der Waals surface area contributed by atoms with Crippen LogP contribution >= 0.6 is 0 Å². The number of alkyl halides is 2. The molecular formula is C21H18F2N8O3. The number of rotatable bonds is 7. The van der Waals surface area contributed by atoms with Crippen molar-refractivity contribution in [3.05, 3.63) is 76.9 Å². The van der Waals surface area contributed by atoms with Crippen molar-refractivity contribution >= 4 is 23.4 Å². The molecule has 0 radical (unpaired) electrons. The zero-order valence-corrected chi connectivity index (χ0v) is 17.9. The first kappa shape index (κ1) is 22.5. The molecule has 0 aromatic carbocycles. The quantitative estimate of drug-likeness (QED) is 0.423. The first-order valence-corrected chi connectivity index (χ1v) is 9.84. The van der Waals surface area contributed by atoms with Gasteiger partial charge < -0.3 is 15.4 Å². The van der Waals surface area contributed by atoms with Crippen LogP contribution in [0.5, 0.6) is 11.5 Å². The van der Waals surface area contributed by atoms with Gasteiger partial charge in [0.2, 0.25) is 0 Å². The molecule has 0 aliphatic carbocycles. The fraction of sp³-hybridized carbons (Fsp3) is 0.143. The van der Waals surface area contributed by atoms with Gasteiger partial charge in [-0.15, -0.1) is 0 Å². The van der Waals surface area contributed by atoms with E-state index in [9.17, 15) is 18.4 Å². The van der Waals surface area contributed by atoms with E-state index < -0.39 is 18.0 Å². The van der Waals surface area contributed by atoms with E-state index in [1.165, 1.54) is 42.3 Å². The van der Waals surface area contributed by atoms with Crippen LogP contribution in [0, 0.1) is 6.92 Å². The summed E-state index contributed by atoms with van der Waals surface area (Å²) < 4.78 is 32.8. The van der Waals surface area contributed by atoms with E-state index in [0.717, 1.165) is 6.20 Å². The Morgan fingerprint density at radius 3 is 2.56 bits per heavy atom. The molecule has 4 heterocycles. The Labute approximate surface area is 191 Å². The van der Waals surface area contributed by atoms with Gasteiger partial charge in [0, 0.05) is 37.8 Å². The summed E-state index contributed by atoms with van der Waals surface area (Å²) in [6.45, 7) is -1.08. The molecule has 0 atom stereocenters. The highest BCUT2D eigenvalue weighted by molar-refractivity contribution is 6.03. The van der Waals surface area contributed by atoms with Crippen molar-refractivity contribution in [2.24, 2.45) is 7.05 Å². The van der Waals surface area contributed by atoms with Crippen molar-refractivity contribution in [1.29, 1.82) is 0 Å². The van der Waals surface area contributed by atoms with Crippen molar-refractivity contribution in [3.8, 4) is 11.5 Å². The number of ether oxygens (including phenoxy) is 1. The predicted octanol–water partition coefficient (Wildman–Crippen LogP) is 3.26. The summed E-state index contributed by atoms with van der Waals surface area (Å²) in [5.74, 6) is 1.37. The molecule has 0 unspecified atom stereocenters. The molecule has 4 aromatic heterocycles. The maximum Gasteiger partial charge on any atom is 0.333 e. The lowest BCUT2D eigenvalue weighted by atomic mass is 10.3. The topological polar surface area (TPSA) is 129 Å². The van der Waals surface area contributed by atoms with Gasteiger partial charge in [-0.3, -0.25) is 14.2 Å². The number of carbonyl (C=O) groups is 1. The van der Waals surface area contributed by atoms with Crippen molar-refractivity contribution in [2.45, 2.75) is 13.5 Å². The Morgan fingerprint density at radius 1 is 1.03 bits per heavy atom.